The number of carbonyl (C=O) groups is 1. The molecule has 4 nitrogen and oxygen atoms in total. The minimum Gasteiger partial charge on any atom is -0.374 e. The lowest BCUT2D eigenvalue weighted by molar-refractivity contribution is -0.113. The summed E-state index contributed by atoms with van der Waals surface area (Å²) in [5.74, 6) is -0.465. The number of rotatable bonds is 3. The van der Waals surface area contributed by atoms with Crippen LogP contribution in [0.2, 0.25) is 0 Å². The van der Waals surface area contributed by atoms with Gasteiger partial charge in [0.1, 0.15) is 5.82 Å². The van der Waals surface area contributed by atoms with Crippen LogP contribution in [-0.2, 0) is 4.79 Å². The van der Waals surface area contributed by atoms with E-state index >= 15 is 0 Å². The molecule has 0 saturated carbocycles. The van der Waals surface area contributed by atoms with Crippen LogP contribution in [0.25, 0.3) is 0 Å². The Balaban J connectivity index is 1.73. The van der Waals surface area contributed by atoms with E-state index in [1.165, 1.54) is 28.8 Å². The maximum Gasteiger partial charge on any atom is 0.272 e. The van der Waals surface area contributed by atoms with Gasteiger partial charge >= 0.3 is 0 Å². The van der Waals surface area contributed by atoms with E-state index in [2.05, 4.69) is 16.7 Å². The van der Waals surface area contributed by atoms with Gasteiger partial charge in [-0.2, -0.15) is 0 Å². The molecule has 1 amide bonds. The summed E-state index contributed by atoms with van der Waals surface area (Å²) in [4.78, 5) is 19.3. The third-order valence-corrected chi connectivity index (χ3v) is 5.32. The molecule has 0 bridgehead atoms. The van der Waals surface area contributed by atoms with Crippen molar-refractivity contribution in [2.45, 2.75) is 6.92 Å². The van der Waals surface area contributed by atoms with Crippen molar-refractivity contribution in [3.05, 3.63) is 41.2 Å². The van der Waals surface area contributed by atoms with Gasteiger partial charge in [0.25, 0.3) is 5.91 Å². The van der Waals surface area contributed by atoms with Gasteiger partial charge in [-0.25, -0.2) is 4.39 Å². The third kappa shape index (κ3) is 3.57. The van der Waals surface area contributed by atoms with Gasteiger partial charge < -0.3 is 9.80 Å². The summed E-state index contributed by atoms with van der Waals surface area (Å²) in [6.45, 7) is 7.05. The molecule has 2 aliphatic rings. The van der Waals surface area contributed by atoms with Crippen molar-refractivity contribution in [3.63, 3.8) is 0 Å². The van der Waals surface area contributed by atoms with Crippen molar-refractivity contribution in [1.29, 1.82) is 0 Å². The number of likely N-dealkylation sites (N-methyl/N-ethyl adjacent to an activating group) is 1. The number of hydrogen-bond donors (Lipinski definition) is 0. The van der Waals surface area contributed by atoms with Gasteiger partial charge in [0, 0.05) is 32.4 Å². The van der Waals surface area contributed by atoms with E-state index in [1.54, 1.807) is 12.1 Å². The van der Waals surface area contributed by atoms with Crippen LogP contribution in [0.1, 0.15) is 6.92 Å². The highest BCUT2D eigenvalue weighted by Crippen LogP contribution is 2.35. The van der Waals surface area contributed by atoms with Crippen molar-refractivity contribution < 1.29 is 9.18 Å². The zero-order valence-corrected chi connectivity index (χ0v) is 14.5. The minimum absolute atomic E-state index is 0.135. The fourth-order valence-corrected chi connectivity index (χ4v) is 3.95. The number of halogens is 1. The molecular formula is C16H18FN3OS2. The van der Waals surface area contributed by atoms with Gasteiger partial charge in [0.2, 0.25) is 0 Å². The van der Waals surface area contributed by atoms with Crippen LogP contribution >= 0.6 is 24.0 Å². The smallest absolute Gasteiger partial charge is 0.272 e. The highest BCUT2D eigenvalue weighted by Gasteiger charge is 2.34. The van der Waals surface area contributed by atoms with Gasteiger partial charge in [-0.15, -0.1) is 0 Å². The summed E-state index contributed by atoms with van der Waals surface area (Å²) >= 11 is 6.62. The van der Waals surface area contributed by atoms with Gasteiger partial charge in [0.15, 0.2) is 4.32 Å². The molecule has 0 unspecified atom stereocenters. The van der Waals surface area contributed by atoms with Crippen molar-refractivity contribution in [1.82, 2.24) is 9.80 Å². The monoisotopic (exact) mass is 351 g/mol. The number of benzene rings is 1. The van der Waals surface area contributed by atoms with E-state index in [9.17, 15) is 9.18 Å². The molecule has 2 aliphatic heterocycles. The highest BCUT2D eigenvalue weighted by molar-refractivity contribution is 8.27. The molecule has 122 valence electrons. The number of thioether (sulfide) groups is 1. The molecule has 23 heavy (non-hydrogen) atoms. The van der Waals surface area contributed by atoms with E-state index in [0.717, 1.165) is 32.7 Å². The zero-order valence-electron chi connectivity index (χ0n) is 12.9. The average molecular weight is 351 g/mol. The molecule has 3 rings (SSSR count). The van der Waals surface area contributed by atoms with Crippen LogP contribution in [0.3, 0.4) is 0 Å². The zero-order chi connectivity index (χ0) is 16.4. The summed E-state index contributed by atoms with van der Waals surface area (Å²) in [6, 6.07) is 5.81. The summed E-state index contributed by atoms with van der Waals surface area (Å²) in [5, 5.41) is 0. The number of amides is 1. The molecule has 2 saturated heterocycles. The maximum atomic E-state index is 13.1. The molecule has 0 radical (unpaired) electrons. The van der Waals surface area contributed by atoms with Gasteiger partial charge in [-0.3, -0.25) is 9.69 Å². The Hall–Kier alpha value is -1.44. The lowest BCUT2D eigenvalue weighted by Gasteiger charge is -2.33. The lowest BCUT2D eigenvalue weighted by Crippen LogP contribution is -2.44. The van der Waals surface area contributed by atoms with E-state index in [4.69, 9.17) is 12.2 Å². The van der Waals surface area contributed by atoms with Crippen LogP contribution in [0.15, 0.2) is 35.4 Å². The second-order valence-corrected chi connectivity index (χ2v) is 7.12. The average Bonchev–Trinajstić information content (AvgIpc) is 2.83. The first-order valence-electron chi connectivity index (χ1n) is 7.58. The molecule has 7 heteroatoms. The first-order valence-corrected chi connectivity index (χ1v) is 8.81. The number of hydrogen-bond acceptors (Lipinski definition) is 5. The Morgan fingerprint density at radius 2 is 1.87 bits per heavy atom. The van der Waals surface area contributed by atoms with Crippen LogP contribution < -0.4 is 4.90 Å². The number of carbonyl (C=O) groups excluding carboxylic acids is 1. The number of nitrogens with zero attached hydrogens (tertiary/aromatic N) is 3. The SMILES string of the molecule is CCN1CCN(/C=C2\SC(=S)N(c3ccc(F)cc3)C2=O)CC1. The molecule has 0 N–H and O–H groups in total. The minimum atomic E-state index is -0.330. The lowest BCUT2D eigenvalue weighted by atomic mass is 10.3. The second kappa shape index (κ2) is 6.98. The van der Waals surface area contributed by atoms with Gasteiger partial charge in [0.05, 0.1) is 10.6 Å². The molecule has 0 atom stereocenters. The standard InChI is InChI=1S/C16H18FN3OS2/c1-2-18-7-9-19(10-8-18)11-14-15(21)20(16(22)23-14)13-5-3-12(17)4-6-13/h3-6,11H,2,7-10H2,1H3/b14-11-. The largest absolute Gasteiger partial charge is 0.374 e. The second-order valence-electron chi connectivity index (χ2n) is 5.45. The fraction of sp³-hybridized carbons (Fsp3) is 0.375. The maximum absolute atomic E-state index is 13.1. The van der Waals surface area contributed by atoms with E-state index in [0.29, 0.717) is 14.9 Å². The van der Waals surface area contributed by atoms with Crippen LogP contribution in [0, 0.1) is 5.82 Å². The quantitative estimate of drug-likeness (QED) is 0.616. The molecule has 2 fully saturated rings. The molecule has 1 aromatic carbocycles. The summed E-state index contributed by atoms with van der Waals surface area (Å²) in [5.41, 5.74) is 0.605. The molecule has 2 heterocycles. The first kappa shape index (κ1) is 16.4. The Kier molecular flexibility index (Phi) is 4.99. The summed E-state index contributed by atoms with van der Waals surface area (Å²) in [6.07, 6.45) is 1.91. The van der Waals surface area contributed by atoms with Crippen molar-refractivity contribution in [2.75, 3.05) is 37.6 Å². The van der Waals surface area contributed by atoms with Crippen molar-refractivity contribution >= 4 is 39.9 Å². The Morgan fingerprint density at radius 3 is 2.48 bits per heavy atom. The van der Waals surface area contributed by atoms with E-state index in [1.807, 2.05) is 6.20 Å². The predicted molar refractivity (Wildman–Crippen MR) is 95.8 cm³/mol. The number of anilines is 1. The van der Waals surface area contributed by atoms with Crippen molar-refractivity contribution in [2.24, 2.45) is 0 Å². The van der Waals surface area contributed by atoms with Gasteiger partial charge in [-0.1, -0.05) is 30.9 Å². The Labute approximate surface area is 144 Å². The summed E-state index contributed by atoms with van der Waals surface area (Å²) in [7, 11) is 0. The Morgan fingerprint density at radius 1 is 1.22 bits per heavy atom. The molecule has 1 aromatic rings. The van der Waals surface area contributed by atoms with Crippen LogP contribution in [-0.4, -0.2) is 52.8 Å². The number of piperazine rings is 1. The van der Waals surface area contributed by atoms with Crippen molar-refractivity contribution in [3.8, 4) is 0 Å². The first-order chi connectivity index (χ1) is 11.1. The third-order valence-electron chi connectivity index (χ3n) is 4.03. The predicted octanol–water partition coefficient (Wildman–Crippen LogP) is 2.67. The van der Waals surface area contributed by atoms with Crippen LogP contribution in [0.5, 0.6) is 0 Å². The van der Waals surface area contributed by atoms with E-state index in [-0.39, 0.29) is 11.7 Å². The highest BCUT2D eigenvalue weighted by atomic mass is 32.2. The Bertz CT molecular complexity index is 639. The topological polar surface area (TPSA) is 26.8 Å². The molecule has 0 spiro atoms. The summed E-state index contributed by atoms with van der Waals surface area (Å²) < 4.78 is 13.5. The molecule has 0 aliphatic carbocycles. The normalized spacial score (nSPS) is 21.6. The fourth-order valence-electron chi connectivity index (χ4n) is 2.65. The number of thiocarbonyl (C=S) groups is 1. The van der Waals surface area contributed by atoms with Crippen LogP contribution in [0.4, 0.5) is 10.1 Å². The molecule has 0 aromatic heterocycles. The van der Waals surface area contributed by atoms with E-state index < -0.39 is 0 Å². The molecular weight excluding hydrogens is 333 g/mol. The van der Waals surface area contributed by atoms with Gasteiger partial charge in [-0.05, 0) is 30.8 Å².